The third kappa shape index (κ3) is 3.96. The van der Waals surface area contributed by atoms with E-state index in [4.69, 9.17) is 4.74 Å². The Morgan fingerprint density at radius 1 is 1.17 bits per heavy atom. The van der Waals surface area contributed by atoms with E-state index in [9.17, 15) is 15.0 Å². The van der Waals surface area contributed by atoms with Gasteiger partial charge in [-0.3, -0.25) is 4.79 Å². The van der Waals surface area contributed by atoms with Crippen LogP contribution in [0.4, 0.5) is 0 Å². The van der Waals surface area contributed by atoms with Crippen LogP contribution in [0.25, 0.3) is 0 Å². The van der Waals surface area contributed by atoms with Crippen LogP contribution < -0.4 is 4.74 Å². The van der Waals surface area contributed by atoms with E-state index in [1.54, 1.807) is 0 Å². The molecule has 0 aliphatic carbocycles. The summed E-state index contributed by atoms with van der Waals surface area (Å²) >= 11 is 0. The molecule has 126 valence electrons. The number of phenolic OH excluding ortho intramolecular Hbond substituents is 2. The normalized spacial score (nSPS) is 10.3. The Balaban J connectivity index is 2.45. The molecule has 2 N–H and O–H groups in total. The summed E-state index contributed by atoms with van der Waals surface area (Å²) in [4.78, 5) is 12.7. The minimum Gasteiger partial charge on any atom is -0.507 e. The molecule has 0 saturated heterocycles. The second-order valence-corrected chi connectivity index (χ2v) is 5.87. The van der Waals surface area contributed by atoms with Gasteiger partial charge >= 0.3 is 0 Å². The van der Waals surface area contributed by atoms with Crippen LogP contribution in [0, 0.1) is 0 Å². The maximum atomic E-state index is 12.7. The molecule has 0 aliphatic rings. The SMILES string of the molecule is COc1cc(O)c(CC=C(C)C)c(O)c1C(=O)Cc1ccccc1. The highest BCUT2D eigenvalue weighted by atomic mass is 16.5. The molecule has 4 nitrogen and oxygen atoms in total. The van der Waals surface area contributed by atoms with Crippen LogP contribution in [0.1, 0.15) is 35.3 Å². The molecule has 0 fully saturated rings. The Bertz CT molecular complexity index is 757. The molecule has 0 spiro atoms. The van der Waals surface area contributed by atoms with Gasteiger partial charge in [-0.2, -0.15) is 0 Å². The summed E-state index contributed by atoms with van der Waals surface area (Å²) in [6, 6.07) is 10.7. The number of allylic oxidation sites excluding steroid dienone is 2. The van der Waals surface area contributed by atoms with Crippen molar-refractivity contribution in [1.82, 2.24) is 0 Å². The Kier molecular flexibility index (Phi) is 5.64. The molecule has 0 saturated carbocycles. The van der Waals surface area contributed by atoms with Crippen LogP contribution in [-0.2, 0) is 12.8 Å². The minimum absolute atomic E-state index is 0.0851. The molecule has 0 aromatic heterocycles. The lowest BCUT2D eigenvalue weighted by molar-refractivity contribution is 0.0987. The highest BCUT2D eigenvalue weighted by molar-refractivity contribution is 6.03. The lowest BCUT2D eigenvalue weighted by Gasteiger charge is -2.14. The zero-order chi connectivity index (χ0) is 17.7. The van der Waals surface area contributed by atoms with E-state index in [0.717, 1.165) is 11.1 Å². The highest BCUT2D eigenvalue weighted by Crippen LogP contribution is 2.39. The van der Waals surface area contributed by atoms with Crippen molar-refractivity contribution in [2.45, 2.75) is 26.7 Å². The maximum Gasteiger partial charge on any atom is 0.174 e. The number of rotatable bonds is 6. The molecule has 0 aliphatic heterocycles. The fraction of sp³-hybridized carbons (Fsp3) is 0.250. The van der Waals surface area contributed by atoms with Gasteiger partial charge in [0.1, 0.15) is 22.8 Å². The molecular weight excluding hydrogens is 304 g/mol. The summed E-state index contributed by atoms with van der Waals surface area (Å²) in [5, 5.41) is 20.7. The van der Waals surface area contributed by atoms with E-state index in [2.05, 4.69) is 0 Å². The number of aromatic hydroxyl groups is 2. The van der Waals surface area contributed by atoms with Crippen LogP contribution in [0.2, 0.25) is 0 Å². The van der Waals surface area contributed by atoms with Crippen LogP contribution in [0.3, 0.4) is 0 Å². The van der Waals surface area contributed by atoms with Gasteiger partial charge in [0, 0.05) is 18.1 Å². The molecule has 24 heavy (non-hydrogen) atoms. The fourth-order valence-electron chi connectivity index (χ4n) is 2.48. The average molecular weight is 326 g/mol. The third-order valence-corrected chi connectivity index (χ3v) is 3.77. The van der Waals surface area contributed by atoms with Crippen molar-refractivity contribution < 1.29 is 19.7 Å². The third-order valence-electron chi connectivity index (χ3n) is 3.77. The summed E-state index contributed by atoms with van der Waals surface area (Å²) in [5.74, 6) is -0.385. The Morgan fingerprint density at radius 2 is 1.83 bits per heavy atom. The first-order valence-electron chi connectivity index (χ1n) is 7.76. The molecular formula is C20H22O4. The van der Waals surface area contributed by atoms with Crippen molar-refractivity contribution >= 4 is 5.78 Å². The number of carbonyl (C=O) groups excluding carboxylic acids is 1. The van der Waals surface area contributed by atoms with Crippen molar-refractivity contribution in [2.24, 2.45) is 0 Å². The van der Waals surface area contributed by atoms with E-state index < -0.39 is 0 Å². The molecule has 2 aromatic rings. The molecule has 2 aromatic carbocycles. The zero-order valence-electron chi connectivity index (χ0n) is 14.2. The number of ketones is 1. The molecule has 0 unspecified atom stereocenters. The van der Waals surface area contributed by atoms with Gasteiger partial charge in [-0.15, -0.1) is 0 Å². The fourth-order valence-corrected chi connectivity index (χ4v) is 2.48. The standard InChI is InChI=1S/C20H22O4/c1-13(2)9-10-15-16(21)12-18(24-3)19(20(15)23)17(22)11-14-7-5-4-6-8-14/h4-9,12,21,23H,10-11H2,1-3H3. The van der Waals surface area contributed by atoms with Gasteiger partial charge in [-0.05, 0) is 25.8 Å². The van der Waals surface area contributed by atoms with E-state index in [0.29, 0.717) is 12.0 Å². The quantitative estimate of drug-likeness (QED) is 0.621. The van der Waals surface area contributed by atoms with Crippen molar-refractivity contribution in [2.75, 3.05) is 7.11 Å². The lowest BCUT2D eigenvalue weighted by atomic mass is 9.96. The van der Waals surface area contributed by atoms with Gasteiger partial charge in [0.2, 0.25) is 0 Å². The van der Waals surface area contributed by atoms with E-state index in [-0.39, 0.29) is 35.0 Å². The summed E-state index contributed by atoms with van der Waals surface area (Å²) in [6.45, 7) is 3.86. The molecule has 0 radical (unpaired) electrons. The van der Waals surface area contributed by atoms with Crippen LogP contribution in [0.5, 0.6) is 17.2 Å². The monoisotopic (exact) mass is 326 g/mol. The van der Waals surface area contributed by atoms with Crippen LogP contribution in [-0.4, -0.2) is 23.1 Å². The van der Waals surface area contributed by atoms with Crippen molar-refractivity contribution in [1.29, 1.82) is 0 Å². The Hall–Kier alpha value is -2.75. The average Bonchev–Trinajstić information content (AvgIpc) is 2.54. The van der Waals surface area contributed by atoms with Crippen LogP contribution >= 0.6 is 0 Å². The van der Waals surface area contributed by atoms with Crippen LogP contribution in [0.15, 0.2) is 48.0 Å². The van der Waals surface area contributed by atoms with Gasteiger partial charge in [-0.25, -0.2) is 0 Å². The first-order valence-corrected chi connectivity index (χ1v) is 7.76. The molecule has 0 atom stereocenters. The van der Waals surface area contributed by atoms with E-state index in [1.807, 2.05) is 50.3 Å². The first-order chi connectivity index (χ1) is 11.4. The maximum absolute atomic E-state index is 12.7. The smallest absolute Gasteiger partial charge is 0.174 e. The number of hydrogen-bond donors (Lipinski definition) is 2. The topological polar surface area (TPSA) is 66.8 Å². The lowest BCUT2D eigenvalue weighted by Crippen LogP contribution is -2.07. The minimum atomic E-state index is -0.256. The van der Waals surface area contributed by atoms with Crippen molar-refractivity contribution in [3.63, 3.8) is 0 Å². The molecule has 0 bridgehead atoms. The second kappa shape index (κ2) is 7.68. The van der Waals surface area contributed by atoms with E-state index in [1.165, 1.54) is 13.2 Å². The number of carbonyl (C=O) groups is 1. The number of Topliss-reactive ketones (excluding diaryl/α,β-unsaturated/α-hetero) is 1. The Labute approximate surface area is 142 Å². The number of methoxy groups -OCH3 is 1. The van der Waals surface area contributed by atoms with Crippen molar-refractivity contribution in [3.8, 4) is 17.2 Å². The van der Waals surface area contributed by atoms with Gasteiger partial charge < -0.3 is 14.9 Å². The number of ether oxygens (including phenoxy) is 1. The van der Waals surface area contributed by atoms with Crippen molar-refractivity contribution in [3.05, 3.63) is 64.7 Å². The summed E-state index contributed by atoms with van der Waals surface area (Å²) in [5.41, 5.74) is 2.34. The Morgan fingerprint density at radius 3 is 2.42 bits per heavy atom. The number of benzene rings is 2. The second-order valence-electron chi connectivity index (χ2n) is 5.87. The van der Waals surface area contributed by atoms with Gasteiger partial charge in [-0.1, -0.05) is 42.0 Å². The molecule has 4 heteroatoms. The number of hydrogen-bond acceptors (Lipinski definition) is 4. The first kappa shape index (κ1) is 17.6. The predicted octanol–water partition coefficient (Wildman–Crippen LogP) is 4.04. The van der Waals surface area contributed by atoms with Gasteiger partial charge in [0.15, 0.2) is 5.78 Å². The van der Waals surface area contributed by atoms with Gasteiger partial charge in [0.05, 0.1) is 7.11 Å². The zero-order valence-corrected chi connectivity index (χ0v) is 14.2. The number of phenols is 2. The summed E-state index contributed by atoms with van der Waals surface area (Å²) in [6.07, 6.45) is 2.37. The molecule has 2 rings (SSSR count). The largest absolute Gasteiger partial charge is 0.507 e. The molecule has 0 heterocycles. The predicted molar refractivity (Wildman–Crippen MR) is 93.9 cm³/mol. The highest BCUT2D eigenvalue weighted by Gasteiger charge is 2.23. The summed E-state index contributed by atoms with van der Waals surface area (Å²) in [7, 11) is 1.41. The molecule has 0 amide bonds. The van der Waals surface area contributed by atoms with Gasteiger partial charge in [0.25, 0.3) is 0 Å². The summed E-state index contributed by atoms with van der Waals surface area (Å²) < 4.78 is 5.19. The van der Waals surface area contributed by atoms with E-state index >= 15 is 0 Å².